The molecular formula is C27H34N2O6. The van der Waals surface area contributed by atoms with Gasteiger partial charge in [-0.15, -0.1) is 0 Å². The van der Waals surface area contributed by atoms with Gasteiger partial charge in [-0.2, -0.15) is 0 Å². The van der Waals surface area contributed by atoms with Crippen LogP contribution in [0.5, 0.6) is 0 Å². The van der Waals surface area contributed by atoms with Crippen LogP contribution in [0.4, 0.5) is 4.79 Å². The van der Waals surface area contributed by atoms with Crippen molar-refractivity contribution in [2.45, 2.75) is 58.2 Å². The topological polar surface area (TPSA) is 114 Å². The SMILES string of the molecule is CC(C)C(NC(=O)OCC1c2ccccc2-c2ccccc21)C(=O)N[C@@H](COC(C)(C)C)C(=O)O. The van der Waals surface area contributed by atoms with E-state index in [1.165, 1.54) is 0 Å². The molecule has 8 heteroatoms. The zero-order valence-corrected chi connectivity index (χ0v) is 20.8. The van der Waals surface area contributed by atoms with Gasteiger partial charge in [-0.25, -0.2) is 9.59 Å². The molecule has 2 aromatic rings. The van der Waals surface area contributed by atoms with E-state index in [0.717, 1.165) is 22.3 Å². The molecule has 3 rings (SSSR count). The lowest BCUT2D eigenvalue weighted by molar-refractivity contribution is -0.145. The molecule has 0 saturated carbocycles. The molecule has 1 aliphatic carbocycles. The molecule has 2 aromatic carbocycles. The minimum absolute atomic E-state index is 0.106. The second-order valence-electron chi connectivity index (χ2n) is 10.0. The van der Waals surface area contributed by atoms with E-state index in [1.54, 1.807) is 34.6 Å². The number of benzene rings is 2. The molecule has 8 nitrogen and oxygen atoms in total. The van der Waals surface area contributed by atoms with Gasteiger partial charge in [0.1, 0.15) is 12.6 Å². The minimum Gasteiger partial charge on any atom is -0.480 e. The van der Waals surface area contributed by atoms with Crippen molar-refractivity contribution in [2.75, 3.05) is 13.2 Å². The van der Waals surface area contributed by atoms with Crippen LogP contribution in [-0.4, -0.2) is 54.0 Å². The maximum atomic E-state index is 12.8. The molecule has 3 N–H and O–H groups in total. The first-order chi connectivity index (χ1) is 16.5. The van der Waals surface area contributed by atoms with E-state index >= 15 is 0 Å². The van der Waals surface area contributed by atoms with E-state index in [-0.39, 0.29) is 25.0 Å². The van der Waals surface area contributed by atoms with Crippen LogP contribution >= 0.6 is 0 Å². The number of hydrogen-bond donors (Lipinski definition) is 3. The highest BCUT2D eigenvalue weighted by Crippen LogP contribution is 2.44. The first-order valence-corrected chi connectivity index (χ1v) is 11.8. The van der Waals surface area contributed by atoms with Crippen molar-refractivity contribution in [3.63, 3.8) is 0 Å². The number of ether oxygens (including phenoxy) is 2. The molecule has 1 unspecified atom stereocenters. The van der Waals surface area contributed by atoms with Gasteiger partial charge in [0.15, 0.2) is 6.04 Å². The normalized spacial score (nSPS) is 14.6. The summed E-state index contributed by atoms with van der Waals surface area (Å²) in [5, 5.41) is 14.5. The van der Waals surface area contributed by atoms with E-state index in [9.17, 15) is 19.5 Å². The lowest BCUT2D eigenvalue weighted by Crippen LogP contribution is -2.55. The first kappa shape index (κ1) is 26.2. The number of hydrogen-bond acceptors (Lipinski definition) is 5. The number of rotatable bonds is 9. The standard InChI is InChI=1S/C27H34N2O6/c1-16(2)23(24(30)28-22(25(31)32)15-35-27(3,4)5)29-26(33)34-14-21-19-12-8-6-10-17(19)18-11-7-9-13-20(18)21/h6-13,16,21-23H,14-15H2,1-5H3,(H,28,30)(H,29,33)(H,31,32)/t22-,23?/m0/s1. The van der Waals surface area contributed by atoms with Gasteiger partial charge in [0.25, 0.3) is 0 Å². The van der Waals surface area contributed by atoms with E-state index in [2.05, 4.69) is 22.8 Å². The molecule has 2 atom stereocenters. The van der Waals surface area contributed by atoms with Crippen molar-refractivity contribution in [1.29, 1.82) is 0 Å². The Bertz CT molecular complexity index is 1030. The second kappa shape index (κ2) is 10.9. The number of nitrogens with one attached hydrogen (secondary N) is 2. The Balaban J connectivity index is 1.63. The van der Waals surface area contributed by atoms with Crippen LogP contribution in [-0.2, 0) is 19.1 Å². The fourth-order valence-electron chi connectivity index (χ4n) is 4.07. The number of carboxylic acids is 1. The lowest BCUT2D eigenvalue weighted by atomic mass is 9.98. The summed E-state index contributed by atoms with van der Waals surface area (Å²) in [5.41, 5.74) is 3.85. The molecule has 0 aromatic heterocycles. The fourth-order valence-corrected chi connectivity index (χ4v) is 4.07. The smallest absolute Gasteiger partial charge is 0.407 e. The molecule has 0 aliphatic heterocycles. The zero-order valence-electron chi connectivity index (χ0n) is 20.8. The summed E-state index contributed by atoms with van der Waals surface area (Å²) < 4.78 is 11.1. The summed E-state index contributed by atoms with van der Waals surface area (Å²) in [6.07, 6.45) is -0.737. The van der Waals surface area contributed by atoms with Crippen LogP contribution < -0.4 is 10.6 Å². The Labute approximate surface area is 206 Å². The van der Waals surface area contributed by atoms with Crippen molar-refractivity contribution < 1.29 is 29.0 Å². The number of carboxylic acid groups (broad SMARTS) is 1. The summed E-state index contributed by atoms with van der Waals surface area (Å²) in [6, 6.07) is 13.8. The minimum atomic E-state index is -1.24. The Morgan fingerprint density at radius 1 is 0.943 bits per heavy atom. The van der Waals surface area contributed by atoms with Crippen LogP contribution in [0.2, 0.25) is 0 Å². The number of fused-ring (bicyclic) bond motifs is 3. The van der Waals surface area contributed by atoms with Gasteiger partial charge < -0.3 is 25.2 Å². The van der Waals surface area contributed by atoms with Crippen LogP contribution in [0.1, 0.15) is 51.7 Å². The van der Waals surface area contributed by atoms with Gasteiger partial charge in [-0.3, -0.25) is 4.79 Å². The number of amides is 2. The van der Waals surface area contributed by atoms with Crippen LogP contribution in [0, 0.1) is 5.92 Å². The van der Waals surface area contributed by atoms with Crippen LogP contribution in [0.25, 0.3) is 11.1 Å². The summed E-state index contributed by atoms with van der Waals surface area (Å²) in [5.74, 6) is -2.23. The fraction of sp³-hybridized carbons (Fsp3) is 0.444. The van der Waals surface area contributed by atoms with Gasteiger partial charge in [0, 0.05) is 5.92 Å². The van der Waals surface area contributed by atoms with Gasteiger partial charge in [0.05, 0.1) is 12.2 Å². The Morgan fingerprint density at radius 3 is 1.97 bits per heavy atom. The lowest BCUT2D eigenvalue weighted by Gasteiger charge is -2.26. The van der Waals surface area contributed by atoms with Crippen molar-refractivity contribution in [3.8, 4) is 11.1 Å². The van der Waals surface area contributed by atoms with E-state index < -0.39 is 35.7 Å². The summed E-state index contributed by atoms with van der Waals surface area (Å²) in [7, 11) is 0. The molecule has 1 aliphatic rings. The molecule has 0 saturated heterocycles. The van der Waals surface area contributed by atoms with E-state index in [4.69, 9.17) is 9.47 Å². The van der Waals surface area contributed by atoms with Crippen molar-refractivity contribution in [3.05, 3.63) is 59.7 Å². The first-order valence-electron chi connectivity index (χ1n) is 11.8. The molecule has 0 bridgehead atoms. The Kier molecular flexibility index (Phi) is 8.17. The summed E-state index contributed by atoms with van der Waals surface area (Å²) in [4.78, 5) is 37.1. The number of carbonyl (C=O) groups is 3. The monoisotopic (exact) mass is 482 g/mol. The summed E-state index contributed by atoms with van der Waals surface area (Å²) >= 11 is 0. The zero-order chi connectivity index (χ0) is 25.8. The Morgan fingerprint density at radius 2 is 1.49 bits per heavy atom. The van der Waals surface area contributed by atoms with Crippen LogP contribution in [0.15, 0.2) is 48.5 Å². The quantitative estimate of drug-likeness (QED) is 0.499. The third-order valence-corrected chi connectivity index (χ3v) is 5.86. The van der Waals surface area contributed by atoms with Crippen LogP contribution in [0.3, 0.4) is 0 Å². The number of alkyl carbamates (subject to hydrolysis) is 1. The number of aliphatic carboxylic acids is 1. The largest absolute Gasteiger partial charge is 0.480 e. The predicted octanol–water partition coefficient (Wildman–Crippen LogP) is 3.93. The van der Waals surface area contributed by atoms with Crippen molar-refractivity contribution in [2.24, 2.45) is 5.92 Å². The third kappa shape index (κ3) is 6.60. The highest BCUT2D eigenvalue weighted by Gasteiger charge is 2.32. The van der Waals surface area contributed by atoms with E-state index in [1.807, 2.05) is 36.4 Å². The van der Waals surface area contributed by atoms with Crippen molar-refractivity contribution >= 4 is 18.0 Å². The maximum absolute atomic E-state index is 12.8. The average Bonchev–Trinajstić information content (AvgIpc) is 3.11. The highest BCUT2D eigenvalue weighted by atomic mass is 16.5. The highest BCUT2D eigenvalue weighted by molar-refractivity contribution is 5.89. The van der Waals surface area contributed by atoms with E-state index in [0.29, 0.717) is 0 Å². The molecule has 0 heterocycles. The van der Waals surface area contributed by atoms with Crippen molar-refractivity contribution in [1.82, 2.24) is 10.6 Å². The van der Waals surface area contributed by atoms with Gasteiger partial charge in [-0.05, 0) is 48.9 Å². The molecule has 0 fully saturated rings. The van der Waals surface area contributed by atoms with Gasteiger partial charge in [-0.1, -0.05) is 62.4 Å². The molecular weight excluding hydrogens is 448 g/mol. The molecule has 0 radical (unpaired) electrons. The van der Waals surface area contributed by atoms with Gasteiger partial charge in [0.2, 0.25) is 5.91 Å². The van der Waals surface area contributed by atoms with Gasteiger partial charge >= 0.3 is 12.1 Å². The average molecular weight is 483 g/mol. The molecule has 188 valence electrons. The maximum Gasteiger partial charge on any atom is 0.407 e. The second-order valence-corrected chi connectivity index (χ2v) is 10.0. The molecule has 35 heavy (non-hydrogen) atoms. The Hall–Kier alpha value is -3.39. The summed E-state index contributed by atoms with van der Waals surface area (Å²) in [6.45, 7) is 8.82. The molecule has 0 spiro atoms. The predicted molar refractivity (Wildman–Crippen MR) is 132 cm³/mol. The number of carbonyl (C=O) groups excluding carboxylic acids is 2. The third-order valence-electron chi connectivity index (χ3n) is 5.86. The molecule has 2 amide bonds.